The molecule has 1 aromatic heterocycles. The highest BCUT2D eigenvalue weighted by Crippen LogP contribution is 2.23. The number of thiophene rings is 1. The Kier molecular flexibility index (Phi) is 5.86. The summed E-state index contributed by atoms with van der Waals surface area (Å²) in [6.07, 6.45) is 2.89. The van der Waals surface area contributed by atoms with E-state index in [1.54, 1.807) is 11.3 Å². The fourth-order valence-electron chi connectivity index (χ4n) is 3.32. The topological polar surface area (TPSA) is 32.3 Å². The maximum Gasteiger partial charge on any atom is 0.261 e. The smallest absolute Gasteiger partial charge is 0.261 e. The Morgan fingerprint density at radius 3 is 2.56 bits per heavy atom. The summed E-state index contributed by atoms with van der Waals surface area (Å²) in [5.74, 6) is -0.134. The van der Waals surface area contributed by atoms with Crippen molar-refractivity contribution in [3.8, 4) is 0 Å². The Morgan fingerprint density at radius 2 is 1.96 bits per heavy atom. The van der Waals surface area contributed by atoms with Crippen molar-refractivity contribution in [2.75, 3.05) is 13.1 Å². The number of amides is 1. The molecule has 1 aromatic carbocycles. The number of aryl methyl sites for hydroxylation is 2. The molecule has 0 spiro atoms. The van der Waals surface area contributed by atoms with Gasteiger partial charge in [0.1, 0.15) is 5.82 Å². The molecule has 1 aliphatic heterocycles. The summed E-state index contributed by atoms with van der Waals surface area (Å²) < 4.78 is 13.0. The molecule has 1 N–H and O–H groups in total. The number of likely N-dealkylation sites (tertiary alicyclic amines) is 1. The molecule has 3 nitrogen and oxygen atoms in total. The van der Waals surface area contributed by atoms with Gasteiger partial charge < -0.3 is 5.32 Å². The molecule has 134 valence electrons. The van der Waals surface area contributed by atoms with Crippen LogP contribution in [0.4, 0.5) is 4.39 Å². The van der Waals surface area contributed by atoms with Gasteiger partial charge in [-0.2, -0.15) is 0 Å². The highest BCUT2D eigenvalue weighted by atomic mass is 32.1. The van der Waals surface area contributed by atoms with Crippen molar-refractivity contribution in [3.63, 3.8) is 0 Å². The van der Waals surface area contributed by atoms with Crippen molar-refractivity contribution in [1.29, 1.82) is 0 Å². The van der Waals surface area contributed by atoms with Gasteiger partial charge in [0.2, 0.25) is 0 Å². The zero-order valence-corrected chi connectivity index (χ0v) is 15.7. The van der Waals surface area contributed by atoms with Crippen molar-refractivity contribution in [2.24, 2.45) is 0 Å². The van der Waals surface area contributed by atoms with Gasteiger partial charge in [-0.15, -0.1) is 11.3 Å². The third-order valence-corrected chi connectivity index (χ3v) is 6.19. The molecule has 0 atom stereocenters. The van der Waals surface area contributed by atoms with Gasteiger partial charge in [0.25, 0.3) is 5.91 Å². The van der Waals surface area contributed by atoms with E-state index in [4.69, 9.17) is 0 Å². The summed E-state index contributed by atoms with van der Waals surface area (Å²) in [5, 5.41) is 3.19. The molecule has 0 radical (unpaired) electrons. The van der Waals surface area contributed by atoms with E-state index in [1.165, 1.54) is 22.6 Å². The van der Waals surface area contributed by atoms with E-state index in [1.807, 2.05) is 18.2 Å². The summed E-state index contributed by atoms with van der Waals surface area (Å²) in [6.45, 7) is 6.93. The number of rotatable bonds is 5. The molecule has 1 fully saturated rings. The fraction of sp³-hybridized carbons (Fsp3) is 0.450. The van der Waals surface area contributed by atoms with Crippen LogP contribution in [0.25, 0.3) is 0 Å². The number of nitrogens with one attached hydrogen (secondary N) is 1. The van der Waals surface area contributed by atoms with Gasteiger partial charge >= 0.3 is 0 Å². The molecule has 2 heterocycles. The lowest BCUT2D eigenvalue weighted by atomic mass is 10.0. The maximum absolute atomic E-state index is 13.0. The second kappa shape index (κ2) is 8.11. The van der Waals surface area contributed by atoms with E-state index < -0.39 is 0 Å². The molecular formula is C20H25FN2OS. The Morgan fingerprint density at radius 1 is 1.28 bits per heavy atom. The van der Waals surface area contributed by atoms with Crippen LogP contribution in [0.2, 0.25) is 0 Å². The van der Waals surface area contributed by atoms with Crippen molar-refractivity contribution in [2.45, 2.75) is 45.7 Å². The largest absolute Gasteiger partial charge is 0.349 e. The van der Waals surface area contributed by atoms with Crippen LogP contribution in [0.5, 0.6) is 0 Å². The van der Waals surface area contributed by atoms with E-state index >= 15 is 0 Å². The normalized spacial score (nSPS) is 16.1. The van der Waals surface area contributed by atoms with Crippen LogP contribution >= 0.6 is 11.3 Å². The van der Waals surface area contributed by atoms with Crippen LogP contribution in [0, 0.1) is 12.7 Å². The lowest BCUT2D eigenvalue weighted by Gasteiger charge is -2.32. The molecule has 1 saturated heterocycles. The Bertz CT molecular complexity index is 718. The number of piperidine rings is 1. The van der Waals surface area contributed by atoms with E-state index in [9.17, 15) is 9.18 Å². The molecule has 25 heavy (non-hydrogen) atoms. The van der Waals surface area contributed by atoms with Crippen LogP contribution in [-0.4, -0.2) is 29.9 Å². The Labute approximate surface area is 152 Å². The molecule has 2 aromatic rings. The zero-order valence-electron chi connectivity index (χ0n) is 14.8. The average molecular weight is 360 g/mol. The minimum Gasteiger partial charge on any atom is -0.349 e. The molecule has 3 rings (SSSR count). The van der Waals surface area contributed by atoms with Crippen molar-refractivity contribution in [1.82, 2.24) is 10.2 Å². The summed E-state index contributed by atoms with van der Waals surface area (Å²) >= 11 is 1.61. The molecule has 0 saturated carbocycles. The van der Waals surface area contributed by atoms with Gasteiger partial charge in [0, 0.05) is 30.6 Å². The quantitative estimate of drug-likeness (QED) is 0.869. The first kappa shape index (κ1) is 18.1. The number of carbonyl (C=O) groups is 1. The predicted octanol–water partition coefficient (Wildman–Crippen LogP) is 4.15. The first-order valence-corrected chi connectivity index (χ1v) is 9.73. The van der Waals surface area contributed by atoms with Gasteiger partial charge in [-0.1, -0.05) is 19.1 Å². The first-order valence-electron chi connectivity index (χ1n) is 8.92. The molecular weight excluding hydrogens is 335 g/mol. The predicted molar refractivity (Wildman–Crippen MR) is 101 cm³/mol. The molecule has 0 aliphatic carbocycles. The zero-order chi connectivity index (χ0) is 17.8. The molecule has 0 bridgehead atoms. The van der Waals surface area contributed by atoms with E-state index in [2.05, 4.69) is 24.1 Å². The second-order valence-corrected chi connectivity index (χ2v) is 7.86. The molecule has 1 amide bonds. The minimum absolute atomic E-state index is 0.0600. The van der Waals surface area contributed by atoms with Crippen LogP contribution in [-0.2, 0) is 13.0 Å². The SMILES string of the molecule is CCc1sc(C(=O)NC2CCN(Cc3ccc(F)cc3)CC2)cc1C. The van der Waals surface area contributed by atoms with Crippen LogP contribution in [0.15, 0.2) is 30.3 Å². The number of hydrogen-bond acceptors (Lipinski definition) is 3. The highest BCUT2D eigenvalue weighted by Gasteiger charge is 2.22. The van der Waals surface area contributed by atoms with Gasteiger partial charge in [-0.25, -0.2) is 4.39 Å². The number of nitrogens with zero attached hydrogens (tertiary/aromatic N) is 1. The van der Waals surface area contributed by atoms with Gasteiger partial charge in [-0.05, 0) is 55.5 Å². The summed E-state index contributed by atoms with van der Waals surface area (Å²) in [4.78, 5) is 16.9. The average Bonchev–Trinajstić information content (AvgIpc) is 3.00. The molecule has 5 heteroatoms. The number of benzene rings is 1. The van der Waals surface area contributed by atoms with Gasteiger partial charge in [0.15, 0.2) is 0 Å². The molecule has 0 unspecified atom stereocenters. The minimum atomic E-state index is -0.194. The number of hydrogen-bond donors (Lipinski definition) is 1. The Hall–Kier alpha value is -1.72. The Balaban J connectivity index is 1.48. The molecule has 1 aliphatic rings. The number of halogens is 1. The van der Waals surface area contributed by atoms with Crippen LogP contribution in [0.3, 0.4) is 0 Å². The van der Waals surface area contributed by atoms with Gasteiger partial charge in [-0.3, -0.25) is 9.69 Å². The monoisotopic (exact) mass is 360 g/mol. The van der Waals surface area contributed by atoms with Crippen molar-refractivity contribution >= 4 is 17.2 Å². The fourth-order valence-corrected chi connectivity index (χ4v) is 4.34. The van der Waals surface area contributed by atoms with Crippen molar-refractivity contribution in [3.05, 3.63) is 57.0 Å². The van der Waals surface area contributed by atoms with Crippen LogP contribution < -0.4 is 5.32 Å². The van der Waals surface area contributed by atoms with E-state index in [0.717, 1.165) is 49.3 Å². The highest BCUT2D eigenvalue weighted by molar-refractivity contribution is 7.14. The second-order valence-electron chi connectivity index (χ2n) is 6.72. The maximum atomic E-state index is 13.0. The summed E-state index contributed by atoms with van der Waals surface area (Å²) in [6, 6.07) is 8.94. The van der Waals surface area contributed by atoms with E-state index in [-0.39, 0.29) is 17.8 Å². The summed E-state index contributed by atoms with van der Waals surface area (Å²) in [5.41, 5.74) is 2.34. The standard InChI is InChI=1S/C20H25FN2OS/c1-3-18-14(2)12-19(25-18)20(24)22-17-8-10-23(11-9-17)13-15-4-6-16(21)7-5-15/h4-7,12,17H,3,8-11,13H2,1-2H3,(H,22,24). The lowest BCUT2D eigenvalue weighted by molar-refractivity contribution is 0.0913. The first-order chi connectivity index (χ1) is 12.0. The van der Waals surface area contributed by atoms with Gasteiger partial charge in [0.05, 0.1) is 4.88 Å². The van der Waals surface area contributed by atoms with Crippen LogP contribution in [0.1, 0.15) is 45.4 Å². The lowest BCUT2D eigenvalue weighted by Crippen LogP contribution is -2.44. The third kappa shape index (κ3) is 4.67. The summed E-state index contributed by atoms with van der Waals surface area (Å²) in [7, 11) is 0. The van der Waals surface area contributed by atoms with Crippen molar-refractivity contribution < 1.29 is 9.18 Å². The van der Waals surface area contributed by atoms with E-state index in [0.29, 0.717) is 0 Å². The third-order valence-electron chi connectivity index (χ3n) is 4.81. The number of carbonyl (C=O) groups excluding carboxylic acids is 1.